The van der Waals surface area contributed by atoms with Gasteiger partial charge in [0.2, 0.25) is 11.8 Å². The molecule has 38 heavy (non-hydrogen) atoms. The normalized spacial score (nSPS) is 14.1. The highest BCUT2D eigenvalue weighted by Gasteiger charge is 2.40. The molecule has 7 nitrogen and oxygen atoms in total. The van der Waals surface area contributed by atoms with Crippen LogP contribution in [0.4, 0.5) is 4.79 Å². The maximum atomic E-state index is 14.4. The second-order valence-electron chi connectivity index (χ2n) is 12.3. The van der Waals surface area contributed by atoms with Gasteiger partial charge in [-0.2, -0.15) is 0 Å². The fourth-order valence-electron chi connectivity index (χ4n) is 4.38. The third-order valence-corrected chi connectivity index (χ3v) is 6.58. The molecule has 0 saturated heterocycles. The SMILES string of the molecule is CCCCNC(=O)C(c1cc(C)ccc1C)N(C(=O)C(NC(=O)OC(C)(C)C)C(C)C)C(C)CCC(C)C. The van der Waals surface area contributed by atoms with Gasteiger partial charge in [-0.1, -0.05) is 64.8 Å². The monoisotopic (exact) mass is 531 g/mol. The molecule has 0 bridgehead atoms. The van der Waals surface area contributed by atoms with Crippen LogP contribution in [0, 0.1) is 25.7 Å². The predicted molar refractivity (Wildman–Crippen MR) is 155 cm³/mol. The van der Waals surface area contributed by atoms with Gasteiger partial charge >= 0.3 is 6.09 Å². The van der Waals surface area contributed by atoms with Crippen LogP contribution in [-0.2, 0) is 14.3 Å². The summed E-state index contributed by atoms with van der Waals surface area (Å²) in [6.45, 7) is 22.0. The Labute approximate surface area is 231 Å². The predicted octanol–water partition coefficient (Wildman–Crippen LogP) is 6.46. The van der Waals surface area contributed by atoms with Gasteiger partial charge in [-0.25, -0.2) is 4.79 Å². The fourth-order valence-corrected chi connectivity index (χ4v) is 4.38. The van der Waals surface area contributed by atoms with Gasteiger partial charge in [-0.3, -0.25) is 9.59 Å². The highest BCUT2D eigenvalue weighted by atomic mass is 16.6. The summed E-state index contributed by atoms with van der Waals surface area (Å²) >= 11 is 0. The van der Waals surface area contributed by atoms with E-state index in [1.165, 1.54) is 0 Å². The first-order chi connectivity index (χ1) is 17.6. The molecular weight excluding hydrogens is 478 g/mol. The van der Waals surface area contributed by atoms with Crippen LogP contribution in [-0.4, -0.2) is 47.0 Å². The van der Waals surface area contributed by atoms with E-state index in [2.05, 4.69) is 31.4 Å². The Morgan fingerprint density at radius 2 is 1.63 bits per heavy atom. The first kappa shape index (κ1) is 33.5. The van der Waals surface area contributed by atoms with E-state index >= 15 is 0 Å². The van der Waals surface area contributed by atoms with Crippen molar-refractivity contribution in [3.05, 3.63) is 34.9 Å². The average molecular weight is 532 g/mol. The van der Waals surface area contributed by atoms with Crippen molar-refractivity contribution in [2.24, 2.45) is 11.8 Å². The summed E-state index contributed by atoms with van der Waals surface area (Å²) in [5.41, 5.74) is 2.08. The number of unbranched alkanes of at least 4 members (excludes halogenated alkanes) is 1. The van der Waals surface area contributed by atoms with Crippen molar-refractivity contribution < 1.29 is 19.1 Å². The molecule has 0 heterocycles. The minimum atomic E-state index is -0.845. The lowest BCUT2D eigenvalue weighted by Gasteiger charge is -2.40. The molecule has 0 aromatic heterocycles. The van der Waals surface area contributed by atoms with E-state index in [0.29, 0.717) is 12.5 Å². The number of aryl methyl sites for hydroxylation is 2. The number of rotatable bonds is 13. The highest BCUT2D eigenvalue weighted by Crippen LogP contribution is 2.31. The maximum absolute atomic E-state index is 14.4. The zero-order chi connectivity index (χ0) is 29.2. The Hall–Kier alpha value is -2.57. The van der Waals surface area contributed by atoms with E-state index in [1.807, 2.05) is 52.8 Å². The van der Waals surface area contributed by atoms with Crippen molar-refractivity contribution in [2.45, 2.75) is 126 Å². The molecule has 0 aliphatic carbocycles. The van der Waals surface area contributed by atoms with Gasteiger partial charge in [0, 0.05) is 12.6 Å². The summed E-state index contributed by atoms with van der Waals surface area (Å²) in [5.74, 6) is -0.236. The molecule has 7 heteroatoms. The van der Waals surface area contributed by atoms with Crippen LogP contribution in [0.2, 0.25) is 0 Å². The summed E-state index contributed by atoms with van der Waals surface area (Å²) < 4.78 is 5.48. The molecule has 3 amide bonds. The summed E-state index contributed by atoms with van der Waals surface area (Å²) in [4.78, 5) is 42.7. The molecule has 1 rings (SSSR count). The number of carbonyl (C=O) groups is 3. The Morgan fingerprint density at radius 1 is 1.00 bits per heavy atom. The van der Waals surface area contributed by atoms with Crippen LogP contribution in [0.1, 0.15) is 111 Å². The highest BCUT2D eigenvalue weighted by molar-refractivity contribution is 5.92. The standard InChI is InChI=1S/C31H53N3O4/c1-12-13-18-32-28(35)27(25-19-22(6)15-16-23(25)7)34(24(8)17-14-20(2)3)29(36)26(21(4)5)33-30(37)38-31(9,10)11/h15-16,19-21,24,26-27H,12-14,17-18H2,1-11H3,(H,32,35)(H,33,37). The van der Waals surface area contributed by atoms with E-state index < -0.39 is 23.8 Å². The zero-order valence-electron chi connectivity index (χ0n) is 25.7. The number of alkyl carbamates (subject to hydrolysis) is 1. The van der Waals surface area contributed by atoms with Gasteiger partial charge in [0.25, 0.3) is 0 Å². The lowest BCUT2D eigenvalue weighted by Crippen LogP contribution is -2.57. The third kappa shape index (κ3) is 10.7. The minimum Gasteiger partial charge on any atom is -0.444 e. The van der Waals surface area contributed by atoms with E-state index in [-0.39, 0.29) is 23.8 Å². The van der Waals surface area contributed by atoms with Crippen molar-refractivity contribution >= 4 is 17.9 Å². The number of amides is 3. The number of hydrogen-bond acceptors (Lipinski definition) is 4. The molecule has 3 atom stereocenters. The first-order valence-corrected chi connectivity index (χ1v) is 14.3. The summed E-state index contributed by atoms with van der Waals surface area (Å²) in [5, 5.41) is 5.89. The van der Waals surface area contributed by atoms with Gasteiger partial charge in [0.1, 0.15) is 17.7 Å². The topological polar surface area (TPSA) is 87.7 Å². The number of hydrogen-bond donors (Lipinski definition) is 2. The van der Waals surface area contributed by atoms with Gasteiger partial charge < -0.3 is 20.3 Å². The Balaban J connectivity index is 3.64. The summed E-state index contributed by atoms with van der Waals surface area (Å²) in [7, 11) is 0. The smallest absolute Gasteiger partial charge is 0.408 e. The van der Waals surface area contributed by atoms with Crippen LogP contribution in [0.15, 0.2) is 18.2 Å². The van der Waals surface area contributed by atoms with Gasteiger partial charge in [0.15, 0.2) is 0 Å². The second-order valence-corrected chi connectivity index (χ2v) is 12.3. The molecule has 1 aromatic rings. The van der Waals surface area contributed by atoms with Crippen LogP contribution in [0.25, 0.3) is 0 Å². The number of ether oxygens (including phenoxy) is 1. The molecule has 2 N–H and O–H groups in total. The van der Waals surface area contributed by atoms with Crippen molar-refractivity contribution in [2.75, 3.05) is 6.54 Å². The van der Waals surface area contributed by atoms with E-state index in [9.17, 15) is 14.4 Å². The number of nitrogens with one attached hydrogen (secondary N) is 2. The molecule has 0 spiro atoms. The Kier molecular flexibility index (Phi) is 13.3. The van der Waals surface area contributed by atoms with E-state index in [0.717, 1.165) is 42.4 Å². The van der Waals surface area contributed by atoms with Crippen LogP contribution >= 0.6 is 0 Å². The number of carbonyl (C=O) groups excluding carboxylic acids is 3. The first-order valence-electron chi connectivity index (χ1n) is 14.3. The summed E-state index contributed by atoms with van der Waals surface area (Å²) in [6, 6.07) is 4.12. The maximum Gasteiger partial charge on any atom is 0.408 e. The number of nitrogens with zero attached hydrogens (tertiary/aromatic N) is 1. The van der Waals surface area contributed by atoms with Crippen molar-refractivity contribution in [1.82, 2.24) is 15.5 Å². The molecule has 3 unspecified atom stereocenters. The molecule has 0 aliphatic rings. The summed E-state index contributed by atoms with van der Waals surface area (Å²) in [6.07, 6.45) is 2.82. The van der Waals surface area contributed by atoms with Crippen LogP contribution in [0.5, 0.6) is 0 Å². The second kappa shape index (κ2) is 15.1. The van der Waals surface area contributed by atoms with Crippen LogP contribution in [0.3, 0.4) is 0 Å². The number of benzene rings is 1. The van der Waals surface area contributed by atoms with Gasteiger partial charge in [-0.15, -0.1) is 0 Å². The largest absolute Gasteiger partial charge is 0.444 e. The van der Waals surface area contributed by atoms with Gasteiger partial charge in [0.05, 0.1) is 0 Å². The van der Waals surface area contributed by atoms with Crippen molar-refractivity contribution in [1.29, 1.82) is 0 Å². The van der Waals surface area contributed by atoms with E-state index in [1.54, 1.807) is 25.7 Å². The minimum absolute atomic E-state index is 0.198. The van der Waals surface area contributed by atoms with Gasteiger partial charge in [-0.05, 0) is 83.8 Å². The lowest BCUT2D eigenvalue weighted by atomic mass is 9.92. The lowest BCUT2D eigenvalue weighted by molar-refractivity contribution is -0.146. The van der Waals surface area contributed by atoms with Crippen molar-refractivity contribution in [3.8, 4) is 0 Å². The molecule has 0 saturated carbocycles. The average Bonchev–Trinajstić information content (AvgIpc) is 2.79. The molecule has 0 aliphatic heterocycles. The van der Waals surface area contributed by atoms with Crippen molar-refractivity contribution in [3.63, 3.8) is 0 Å². The fraction of sp³-hybridized carbons (Fsp3) is 0.710. The quantitative estimate of drug-likeness (QED) is 0.286. The van der Waals surface area contributed by atoms with E-state index in [4.69, 9.17) is 4.74 Å². The molecule has 216 valence electrons. The Bertz CT molecular complexity index is 920. The molecule has 0 fully saturated rings. The molecule has 0 radical (unpaired) electrons. The zero-order valence-corrected chi connectivity index (χ0v) is 25.7. The Morgan fingerprint density at radius 3 is 2.16 bits per heavy atom. The van der Waals surface area contributed by atoms with Crippen LogP contribution < -0.4 is 10.6 Å². The molecular formula is C31H53N3O4. The molecule has 1 aromatic carbocycles. The third-order valence-electron chi connectivity index (χ3n) is 6.58.